The maximum atomic E-state index is 11.0. The van der Waals surface area contributed by atoms with E-state index in [9.17, 15) is 4.79 Å². The first-order valence-electron chi connectivity index (χ1n) is 4.84. The smallest absolute Gasteiger partial charge is 0.179 e. The first-order valence-corrected chi connectivity index (χ1v) is 7.70. The minimum absolute atomic E-state index is 0.705. The van der Waals surface area contributed by atoms with E-state index in [4.69, 9.17) is 0 Å². The van der Waals surface area contributed by atoms with Crippen LogP contribution in [0.1, 0.15) is 15.9 Å². The van der Waals surface area contributed by atoms with E-state index in [2.05, 4.69) is 10.2 Å². The highest BCUT2D eigenvalue weighted by molar-refractivity contribution is 8.03. The Hall–Kier alpha value is -0.850. The van der Waals surface area contributed by atoms with Crippen molar-refractivity contribution in [2.24, 2.45) is 0 Å². The van der Waals surface area contributed by atoms with E-state index >= 15 is 0 Å². The number of rotatable bonds is 4. The summed E-state index contributed by atoms with van der Waals surface area (Å²) in [5.41, 5.74) is 1.79. The van der Waals surface area contributed by atoms with E-state index in [0.29, 0.717) is 5.56 Å². The molecule has 0 aliphatic rings. The molecule has 0 unspecified atom stereocenters. The fraction of sp³-hybridized carbons (Fsp3) is 0.182. The fourth-order valence-corrected chi connectivity index (χ4v) is 3.73. The fourth-order valence-electron chi connectivity index (χ4n) is 1.27. The number of hydrogen-bond acceptors (Lipinski definition) is 6. The molecule has 0 saturated heterocycles. The normalized spacial score (nSPS) is 10.5. The van der Waals surface area contributed by atoms with Crippen molar-refractivity contribution in [1.82, 2.24) is 10.2 Å². The van der Waals surface area contributed by atoms with Gasteiger partial charge in [-0.15, -0.1) is 10.2 Å². The van der Waals surface area contributed by atoms with Crippen molar-refractivity contribution < 1.29 is 4.79 Å². The van der Waals surface area contributed by atoms with E-state index in [1.54, 1.807) is 11.8 Å². The Kier molecular flexibility index (Phi) is 4.20. The second-order valence-electron chi connectivity index (χ2n) is 3.30. The van der Waals surface area contributed by atoms with Gasteiger partial charge in [0, 0.05) is 10.5 Å². The standard InChI is InChI=1S/C11H10N2OS3/c1-7-3-4-9(8(5-7)6-14)16-11-13-12-10(15-2)17-11/h3-6H,1-2H3. The summed E-state index contributed by atoms with van der Waals surface area (Å²) in [7, 11) is 0. The van der Waals surface area contributed by atoms with Crippen LogP contribution < -0.4 is 0 Å². The molecular formula is C11H10N2OS3. The minimum Gasteiger partial charge on any atom is -0.298 e. The van der Waals surface area contributed by atoms with Gasteiger partial charge < -0.3 is 0 Å². The number of thioether (sulfide) groups is 1. The zero-order valence-electron chi connectivity index (χ0n) is 9.34. The van der Waals surface area contributed by atoms with Gasteiger partial charge in [-0.1, -0.05) is 46.5 Å². The molecule has 0 bridgehead atoms. The Morgan fingerprint density at radius 2 is 2.06 bits per heavy atom. The molecule has 0 spiro atoms. The summed E-state index contributed by atoms with van der Waals surface area (Å²) >= 11 is 4.60. The van der Waals surface area contributed by atoms with E-state index in [1.165, 1.54) is 23.1 Å². The summed E-state index contributed by atoms with van der Waals surface area (Å²) < 4.78 is 1.80. The summed E-state index contributed by atoms with van der Waals surface area (Å²) in [6, 6.07) is 5.82. The maximum absolute atomic E-state index is 11.0. The summed E-state index contributed by atoms with van der Waals surface area (Å²) in [6.45, 7) is 1.97. The number of hydrogen-bond donors (Lipinski definition) is 0. The molecule has 2 aromatic rings. The van der Waals surface area contributed by atoms with Gasteiger partial charge in [0.15, 0.2) is 15.0 Å². The van der Waals surface area contributed by atoms with E-state index in [0.717, 1.165) is 25.4 Å². The van der Waals surface area contributed by atoms with Crippen molar-refractivity contribution in [3.63, 3.8) is 0 Å². The van der Waals surface area contributed by atoms with E-state index in [1.807, 2.05) is 31.4 Å². The Balaban J connectivity index is 2.26. The molecule has 0 N–H and O–H groups in total. The number of aromatic nitrogens is 2. The average molecular weight is 282 g/mol. The second-order valence-corrected chi connectivity index (χ2v) is 6.62. The van der Waals surface area contributed by atoms with Gasteiger partial charge in [-0.05, 0) is 25.3 Å². The van der Waals surface area contributed by atoms with Crippen LogP contribution in [0.15, 0.2) is 31.8 Å². The monoisotopic (exact) mass is 282 g/mol. The molecule has 6 heteroatoms. The van der Waals surface area contributed by atoms with Crippen molar-refractivity contribution in [3.05, 3.63) is 29.3 Å². The first-order chi connectivity index (χ1) is 8.22. The molecule has 1 aromatic heterocycles. The molecule has 17 heavy (non-hydrogen) atoms. The Bertz CT molecular complexity index is 539. The molecule has 88 valence electrons. The maximum Gasteiger partial charge on any atom is 0.179 e. The second kappa shape index (κ2) is 5.66. The Morgan fingerprint density at radius 3 is 2.71 bits per heavy atom. The van der Waals surface area contributed by atoms with E-state index < -0.39 is 0 Å². The quantitative estimate of drug-likeness (QED) is 0.634. The van der Waals surface area contributed by atoms with E-state index in [-0.39, 0.29) is 0 Å². The summed E-state index contributed by atoms with van der Waals surface area (Å²) in [4.78, 5) is 11.9. The van der Waals surface area contributed by atoms with Crippen LogP contribution in [0.25, 0.3) is 0 Å². The van der Waals surface area contributed by atoms with Crippen molar-refractivity contribution in [3.8, 4) is 0 Å². The van der Waals surface area contributed by atoms with Crippen molar-refractivity contribution >= 4 is 41.1 Å². The van der Waals surface area contributed by atoms with Gasteiger partial charge in [-0.2, -0.15) is 0 Å². The highest BCUT2D eigenvalue weighted by Crippen LogP contribution is 2.34. The third-order valence-corrected chi connectivity index (χ3v) is 5.09. The summed E-state index contributed by atoms with van der Waals surface area (Å²) in [5.74, 6) is 0. The molecule has 2 rings (SSSR count). The molecular weight excluding hydrogens is 272 g/mol. The lowest BCUT2D eigenvalue weighted by Gasteiger charge is -2.02. The lowest BCUT2D eigenvalue weighted by molar-refractivity contribution is 0.112. The van der Waals surface area contributed by atoms with Crippen LogP contribution in [0.2, 0.25) is 0 Å². The zero-order valence-corrected chi connectivity index (χ0v) is 11.8. The highest BCUT2D eigenvalue weighted by atomic mass is 32.2. The van der Waals surface area contributed by atoms with Gasteiger partial charge in [0.1, 0.15) is 0 Å². The average Bonchev–Trinajstić information content (AvgIpc) is 2.79. The van der Waals surface area contributed by atoms with Gasteiger partial charge >= 0.3 is 0 Å². The Labute approximate surface area is 112 Å². The van der Waals surface area contributed by atoms with Crippen LogP contribution in [0.5, 0.6) is 0 Å². The molecule has 0 saturated carbocycles. The van der Waals surface area contributed by atoms with Gasteiger partial charge in [0.2, 0.25) is 0 Å². The molecule has 0 aliphatic carbocycles. The lowest BCUT2D eigenvalue weighted by Crippen LogP contribution is -1.86. The van der Waals surface area contributed by atoms with Crippen LogP contribution in [0.3, 0.4) is 0 Å². The van der Waals surface area contributed by atoms with Gasteiger partial charge in [0.25, 0.3) is 0 Å². The van der Waals surface area contributed by atoms with Gasteiger partial charge in [-0.3, -0.25) is 4.79 Å². The molecule has 3 nitrogen and oxygen atoms in total. The highest BCUT2D eigenvalue weighted by Gasteiger charge is 2.08. The number of aldehydes is 1. The molecule has 0 amide bonds. The molecule has 0 fully saturated rings. The lowest BCUT2D eigenvalue weighted by atomic mass is 10.2. The van der Waals surface area contributed by atoms with Crippen molar-refractivity contribution in [2.45, 2.75) is 20.5 Å². The minimum atomic E-state index is 0.705. The van der Waals surface area contributed by atoms with Gasteiger partial charge in [-0.25, -0.2) is 0 Å². The van der Waals surface area contributed by atoms with Gasteiger partial charge in [0.05, 0.1) is 0 Å². The molecule has 0 aliphatic heterocycles. The van der Waals surface area contributed by atoms with Crippen LogP contribution in [-0.2, 0) is 0 Å². The van der Waals surface area contributed by atoms with Crippen molar-refractivity contribution in [1.29, 1.82) is 0 Å². The largest absolute Gasteiger partial charge is 0.298 e. The number of aryl methyl sites for hydroxylation is 1. The van der Waals surface area contributed by atoms with Crippen LogP contribution >= 0.6 is 34.9 Å². The van der Waals surface area contributed by atoms with Crippen LogP contribution in [0.4, 0.5) is 0 Å². The van der Waals surface area contributed by atoms with Crippen molar-refractivity contribution in [2.75, 3.05) is 6.26 Å². The molecule has 1 heterocycles. The summed E-state index contributed by atoms with van der Waals surface area (Å²) in [6.07, 6.45) is 2.85. The number of nitrogens with zero attached hydrogens (tertiary/aromatic N) is 2. The summed E-state index contributed by atoms with van der Waals surface area (Å²) in [5, 5.41) is 8.10. The third kappa shape index (κ3) is 3.08. The van der Waals surface area contributed by atoms with Crippen LogP contribution in [-0.4, -0.2) is 22.7 Å². The molecule has 1 aromatic carbocycles. The number of benzene rings is 1. The Morgan fingerprint density at radius 1 is 1.29 bits per heavy atom. The predicted octanol–water partition coefficient (Wildman–Crippen LogP) is 3.53. The molecule has 0 atom stereocenters. The first kappa shape index (κ1) is 12.6. The SMILES string of the molecule is CSc1nnc(Sc2ccc(C)cc2C=O)s1. The zero-order chi connectivity index (χ0) is 12.3. The number of carbonyl (C=O) groups excluding carboxylic acids is 1. The predicted molar refractivity (Wildman–Crippen MR) is 72.4 cm³/mol. The topological polar surface area (TPSA) is 42.9 Å². The van der Waals surface area contributed by atoms with Crippen LogP contribution in [0, 0.1) is 6.92 Å². The number of carbonyl (C=O) groups is 1. The third-order valence-electron chi connectivity index (χ3n) is 2.05. The molecule has 0 radical (unpaired) electrons.